The van der Waals surface area contributed by atoms with Crippen molar-refractivity contribution in [3.63, 3.8) is 0 Å². The van der Waals surface area contributed by atoms with Crippen LogP contribution >= 0.6 is 15.9 Å². The van der Waals surface area contributed by atoms with Crippen LogP contribution in [0, 0.1) is 17.3 Å². The summed E-state index contributed by atoms with van der Waals surface area (Å²) in [5, 5.41) is 5.90. The highest BCUT2D eigenvalue weighted by Gasteiger charge is 2.33. The van der Waals surface area contributed by atoms with E-state index in [1.54, 1.807) is 20.8 Å². The first-order valence-electron chi connectivity index (χ1n) is 11.1. The molecule has 2 N–H and O–H groups in total. The van der Waals surface area contributed by atoms with Gasteiger partial charge < -0.3 is 10.6 Å². The number of allylic oxidation sites excluding steroid dienone is 1. The Morgan fingerprint density at radius 1 is 1.03 bits per heavy atom. The number of ketones is 3. The maximum absolute atomic E-state index is 13.0. The summed E-state index contributed by atoms with van der Waals surface area (Å²) in [6.45, 7) is 14.6. The van der Waals surface area contributed by atoms with Gasteiger partial charge in [-0.05, 0) is 24.3 Å². The van der Waals surface area contributed by atoms with E-state index >= 15 is 0 Å². The molecule has 0 spiro atoms. The highest BCUT2D eigenvalue weighted by molar-refractivity contribution is 9.09. The summed E-state index contributed by atoms with van der Waals surface area (Å²) in [7, 11) is 0. The summed E-state index contributed by atoms with van der Waals surface area (Å²) in [6, 6.07) is -0.698. The molecule has 0 aromatic rings. The molecule has 0 heterocycles. The number of rotatable bonds is 15. The maximum atomic E-state index is 13.0. The SMILES string of the molecule is C=C(CBr)C(=O)CCC(=O)C[C@H](C(=O)N[C@@H](CCCNC(C)=O)C(=O)C(C)(C)C)C(C)C. The second-order valence-electron chi connectivity index (χ2n) is 9.55. The van der Waals surface area contributed by atoms with Crippen molar-refractivity contribution in [3.8, 4) is 0 Å². The Bertz CT molecular complexity index is 710. The lowest BCUT2D eigenvalue weighted by Gasteiger charge is -2.28. The zero-order valence-corrected chi connectivity index (χ0v) is 21.9. The van der Waals surface area contributed by atoms with Gasteiger partial charge in [0.1, 0.15) is 5.78 Å². The number of hydrogen-bond donors (Lipinski definition) is 2. The van der Waals surface area contributed by atoms with Gasteiger partial charge in [0, 0.05) is 49.4 Å². The van der Waals surface area contributed by atoms with E-state index in [-0.39, 0.29) is 54.3 Å². The number of Topliss-reactive ketones (excluding diaryl/α,β-unsaturated/α-hetero) is 3. The quantitative estimate of drug-likeness (QED) is 0.197. The van der Waals surface area contributed by atoms with E-state index < -0.39 is 17.4 Å². The van der Waals surface area contributed by atoms with Gasteiger partial charge in [-0.3, -0.25) is 24.0 Å². The Morgan fingerprint density at radius 2 is 1.62 bits per heavy atom. The zero-order valence-electron chi connectivity index (χ0n) is 20.3. The van der Waals surface area contributed by atoms with Crippen LogP contribution in [0.1, 0.15) is 73.6 Å². The van der Waals surface area contributed by atoms with Gasteiger partial charge >= 0.3 is 0 Å². The van der Waals surface area contributed by atoms with Crippen LogP contribution in [-0.4, -0.2) is 47.1 Å². The minimum atomic E-state index is -0.698. The topological polar surface area (TPSA) is 109 Å². The molecule has 0 aromatic heterocycles. The maximum Gasteiger partial charge on any atom is 0.224 e. The van der Waals surface area contributed by atoms with Crippen LogP contribution in [0.15, 0.2) is 12.2 Å². The lowest BCUT2D eigenvalue weighted by molar-refractivity contribution is -0.136. The zero-order chi connectivity index (χ0) is 25.1. The summed E-state index contributed by atoms with van der Waals surface area (Å²) in [6.07, 6.45) is 1.08. The lowest BCUT2D eigenvalue weighted by Crippen LogP contribution is -2.48. The van der Waals surface area contributed by atoms with Gasteiger partial charge in [-0.25, -0.2) is 0 Å². The average Bonchev–Trinajstić information content (AvgIpc) is 2.69. The molecule has 0 aromatic carbocycles. The summed E-state index contributed by atoms with van der Waals surface area (Å²) < 4.78 is 0. The molecular weight excluding hydrogens is 476 g/mol. The Labute approximate surface area is 200 Å². The second-order valence-corrected chi connectivity index (χ2v) is 10.1. The van der Waals surface area contributed by atoms with E-state index in [1.165, 1.54) is 6.92 Å². The average molecular weight is 515 g/mol. The normalized spacial score (nSPS) is 13.2. The standard InChI is InChI=1S/C24H39BrN2O5/c1-15(2)19(13-18(29)10-11-21(30)16(3)14-25)23(32)27-20(22(31)24(5,6)7)9-8-12-26-17(4)28/h15,19-20H,3,8-14H2,1-2,4-7H3,(H,26,28)(H,27,32)/t19-,20-/m0/s1. The molecule has 0 bridgehead atoms. The van der Waals surface area contributed by atoms with Crippen molar-refractivity contribution >= 4 is 45.1 Å². The first-order valence-corrected chi connectivity index (χ1v) is 12.2. The van der Waals surface area contributed by atoms with Crippen LogP contribution in [0.5, 0.6) is 0 Å². The first kappa shape index (κ1) is 30.2. The predicted molar refractivity (Wildman–Crippen MR) is 129 cm³/mol. The minimum absolute atomic E-state index is 0.0138. The molecule has 182 valence electrons. The number of nitrogens with one attached hydrogen (secondary N) is 2. The molecule has 0 aliphatic heterocycles. The number of carbonyl (C=O) groups excluding carboxylic acids is 5. The molecule has 0 saturated carbocycles. The molecule has 0 fully saturated rings. The van der Waals surface area contributed by atoms with E-state index in [2.05, 4.69) is 33.1 Å². The minimum Gasteiger partial charge on any atom is -0.356 e. The van der Waals surface area contributed by atoms with Crippen molar-refractivity contribution in [2.24, 2.45) is 17.3 Å². The van der Waals surface area contributed by atoms with Gasteiger partial charge in [0.2, 0.25) is 11.8 Å². The van der Waals surface area contributed by atoms with Crippen LogP contribution in [0.25, 0.3) is 0 Å². The van der Waals surface area contributed by atoms with E-state index in [1.807, 2.05) is 13.8 Å². The summed E-state index contributed by atoms with van der Waals surface area (Å²) in [4.78, 5) is 61.3. The lowest BCUT2D eigenvalue weighted by atomic mass is 9.83. The predicted octanol–water partition coefficient (Wildman–Crippen LogP) is 3.53. The van der Waals surface area contributed by atoms with Gasteiger partial charge in [0.25, 0.3) is 0 Å². The largest absolute Gasteiger partial charge is 0.356 e. The van der Waals surface area contributed by atoms with Crippen LogP contribution in [0.4, 0.5) is 0 Å². The Balaban J connectivity index is 5.16. The van der Waals surface area contributed by atoms with Gasteiger partial charge in [-0.1, -0.05) is 57.1 Å². The van der Waals surface area contributed by atoms with Gasteiger partial charge in [-0.2, -0.15) is 0 Å². The molecule has 0 aliphatic rings. The molecule has 7 nitrogen and oxygen atoms in total. The van der Waals surface area contributed by atoms with Crippen molar-refractivity contribution in [1.29, 1.82) is 0 Å². The van der Waals surface area contributed by atoms with Gasteiger partial charge in [0.15, 0.2) is 11.6 Å². The highest BCUT2D eigenvalue weighted by atomic mass is 79.9. The number of amides is 2. The smallest absolute Gasteiger partial charge is 0.224 e. The Kier molecular flexibility index (Phi) is 13.5. The molecule has 0 radical (unpaired) electrons. The van der Waals surface area contributed by atoms with Crippen LogP contribution < -0.4 is 10.6 Å². The first-order chi connectivity index (χ1) is 14.7. The van der Waals surface area contributed by atoms with Gasteiger partial charge in [-0.15, -0.1) is 0 Å². The molecular formula is C24H39BrN2O5. The number of alkyl halides is 1. The Morgan fingerprint density at radius 3 is 2.09 bits per heavy atom. The van der Waals surface area contributed by atoms with E-state index in [0.717, 1.165) is 0 Å². The van der Waals surface area contributed by atoms with Crippen molar-refractivity contribution in [3.05, 3.63) is 12.2 Å². The molecule has 0 saturated heterocycles. The summed E-state index contributed by atoms with van der Waals surface area (Å²) >= 11 is 3.17. The van der Waals surface area contributed by atoms with Crippen molar-refractivity contribution in [1.82, 2.24) is 10.6 Å². The summed E-state index contributed by atoms with van der Waals surface area (Å²) in [5.41, 5.74) is -0.230. The number of halogens is 1. The summed E-state index contributed by atoms with van der Waals surface area (Å²) in [5.74, 6) is -1.63. The molecule has 2 atom stereocenters. The molecule has 32 heavy (non-hydrogen) atoms. The monoisotopic (exact) mass is 514 g/mol. The van der Waals surface area contributed by atoms with Crippen molar-refractivity contribution in [2.75, 3.05) is 11.9 Å². The Hall–Kier alpha value is -1.83. The van der Waals surface area contributed by atoms with Crippen molar-refractivity contribution in [2.45, 2.75) is 79.7 Å². The third-order valence-corrected chi connectivity index (χ3v) is 5.87. The fourth-order valence-electron chi connectivity index (χ4n) is 3.12. The number of hydrogen-bond acceptors (Lipinski definition) is 5. The van der Waals surface area contributed by atoms with E-state index in [9.17, 15) is 24.0 Å². The van der Waals surface area contributed by atoms with E-state index in [0.29, 0.717) is 30.3 Å². The third kappa shape index (κ3) is 11.7. The molecule has 0 aliphatic carbocycles. The second kappa shape index (κ2) is 14.3. The van der Waals surface area contributed by atoms with Crippen LogP contribution in [-0.2, 0) is 24.0 Å². The molecule has 0 unspecified atom stereocenters. The molecule has 0 rings (SSSR count). The van der Waals surface area contributed by atoms with Crippen LogP contribution in [0.2, 0.25) is 0 Å². The van der Waals surface area contributed by atoms with Crippen LogP contribution in [0.3, 0.4) is 0 Å². The number of carbonyl (C=O) groups is 5. The fraction of sp³-hybridized carbons (Fsp3) is 0.708. The van der Waals surface area contributed by atoms with Gasteiger partial charge in [0.05, 0.1) is 6.04 Å². The van der Waals surface area contributed by atoms with Crippen molar-refractivity contribution < 1.29 is 24.0 Å². The third-order valence-electron chi connectivity index (χ3n) is 5.19. The van der Waals surface area contributed by atoms with E-state index in [4.69, 9.17) is 0 Å². The highest BCUT2D eigenvalue weighted by Crippen LogP contribution is 2.22. The molecule has 8 heteroatoms. The fourth-order valence-corrected chi connectivity index (χ4v) is 3.44. The molecule has 2 amide bonds.